The number of benzene rings is 1. The van der Waals surface area contributed by atoms with Crippen LogP contribution in [0.1, 0.15) is 35.2 Å². The fourth-order valence-corrected chi connectivity index (χ4v) is 3.27. The molecule has 7 heteroatoms. The monoisotopic (exact) mass is 380 g/mol. The number of nitrogens with two attached hydrogens (primary N) is 1. The van der Waals surface area contributed by atoms with Gasteiger partial charge in [0.15, 0.2) is 0 Å². The van der Waals surface area contributed by atoms with E-state index >= 15 is 0 Å². The molecule has 0 spiro atoms. The van der Waals surface area contributed by atoms with Gasteiger partial charge in [0.1, 0.15) is 11.1 Å². The number of ether oxygens (including phenoxy) is 1. The topological polar surface area (TPSA) is 85.8 Å². The Morgan fingerprint density at radius 2 is 2.00 bits per heavy atom. The molecular weight excluding hydrogens is 356 g/mol. The van der Waals surface area contributed by atoms with Crippen LogP contribution in [0.5, 0.6) is 0 Å². The summed E-state index contributed by atoms with van der Waals surface area (Å²) in [6.07, 6.45) is 2.55. The van der Waals surface area contributed by atoms with E-state index in [0.717, 1.165) is 24.6 Å². The Labute approximate surface area is 158 Å². The van der Waals surface area contributed by atoms with Crippen LogP contribution in [0, 0.1) is 6.92 Å². The highest BCUT2D eigenvalue weighted by atomic mass is 35.5. The zero-order valence-electron chi connectivity index (χ0n) is 14.9. The second-order valence-electron chi connectivity index (χ2n) is 6.39. The molecule has 1 saturated heterocycles. The molecule has 0 atom stereocenters. The molecule has 26 heavy (non-hydrogen) atoms. The molecule has 0 aliphatic carbocycles. The maximum atomic E-state index is 12.9. The Hall–Kier alpha value is -1.89. The fourth-order valence-electron chi connectivity index (χ4n) is 3.27. The predicted octanol–water partition coefficient (Wildman–Crippen LogP) is 2.49. The lowest BCUT2D eigenvalue weighted by Crippen LogP contribution is -2.42. The van der Waals surface area contributed by atoms with Gasteiger partial charge in [0.05, 0.1) is 6.10 Å². The minimum atomic E-state index is -0.567. The van der Waals surface area contributed by atoms with Crippen LogP contribution in [0.25, 0.3) is 11.0 Å². The van der Waals surface area contributed by atoms with Crippen molar-refractivity contribution in [2.24, 2.45) is 5.73 Å². The van der Waals surface area contributed by atoms with Gasteiger partial charge < -0.3 is 19.8 Å². The standard InChI is InChI=1S/C19H24N2O4.ClH/c1-13-15-5-2-3-6-16(15)25-19(23)17(13)18(22)21-10-7-14(8-11-21)24-12-4-9-20;/h2-3,5-6,14H,4,7-12,20H2,1H3;1H. The van der Waals surface area contributed by atoms with Crippen LogP contribution in [0.2, 0.25) is 0 Å². The zero-order chi connectivity index (χ0) is 17.8. The van der Waals surface area contributed by atoms with Crippen LogP contribution < -0.4 is 11.4 Å². The first-order valence-corrected chi connectivity index (χ1v) is 8.75. The van der Waals surface area contributed by atoms with Crippen LogP contribution in [0.4, 0.5) is 0 Å². The Kier molecular flexibility index (Phi) is 7.20. The van der Waals surface area contributed by atoms with Crippen LogP contribution >= 0.6 is 12.4 Å². The van der Waals surface area contributed by atoms with Crippen molar-refractivity contribution >= 4 is 29.3 Å². The first-order chi connectivity index (χ1) is 12.1. The minimum Gasteiger partial charge on any atom is -0.422 e. The van der Waals surface area contributed by atoms with Crippen molar-refractivity contribution in [1.82, 2.24) is 4.90 Å². The van der Waals surface area contributed by atoms with E-state index in [-0.39, 0.29) is 30.0 Å². The summed E-state index contributed by atoms with van der Waals surface area (Å²) in [5.74, 6) is -0.252. The number of hydrogen-bond acceptors (Lipinski definition) is 5. The number of likely N-dealkylation sites (tertiary alicyclic amines) is 1. The van der Waals surface area contributed by atoms with Gasteiger partial charge in [0, 0.05) is 25.1 Å². The molecule has 1 aromatic heterocycles. The van der Waals surface area contributed by atoms with Gasteiger partial charge >= 0.3 is 5.63 Å². The second kappa shape index (κ2) is 9.16. The Bertz CT molecular complexity index is 813. The number of piperidine rings is 1. The van der Waals surface area contributed by atoms with Crippen molar-refractivity contribution in [3.05, 3.63) is 45.8 Å². The van der Waals surface area contributed by atoms with E-state index in [1.165, 1.54) is 0 Å². The third-order valence-electron chi connectivity index (χ3n) is 4.72. The first-order valence-electron chi connectivity index (χ1n) is 8.75. The molecule has 6 nitrogen and oxygen atoms in total. The molecule has 142 valence electrons. The zero-order valence-corrected chi connectivity index (χ0v) is 15.7. The van der Waals surface area contributed by atoms with Crippen molar-refractivity contribution in [2.75, 3.05) is 26.2 Å². The molecule has 2 heterocycles. The van der Waals surface area contributed by atoms with E-state index in [4.69, 9.17) is 14.9 Å². The molecule has 1 aromatic carbocycles. The third-order valence-corrected chi connectivity index (χ3v) is 4.72. The van der Waals surface area contributed by atoms with Gasteiger partial charge in [0.2, 0.25) is 0 Å². The Morgan fingerprint density at radius 3 is 2.69 bits per heavy atom. The first kappa shape index (κ1) is 20.4. The third kappa shape index (κ3) is 4.26. The number of fused-ring (bicyclic) bond motifs is 1. The number of aryl methyl sites for hydroxylation is 1. The summed E-state index contributed by atoms with van der Waals surface area (Å²) in [7, 11) is 0. The van der Waals surface area contributed by atoms with Gasteiger partial charge in [-0.3, -0.25) is 4.79 Å². The molecule has 1 fully saturated rings. The van der Waals surface area contributed by atoms with Crippen molar-refractivity contribution < 1.29 is 13.9 Å². The van der Waals surface area contributed by atoms with Crippen molar-refractivity contribution in [2.45, 2.75) is 32.3 Å². The second-order valence-corrected chi connectivity index (χ2v) is 6.39. The summed E-state index contributed by atoms with van der Waals surface area (Å²) in [6, 6.07) is 7.28. The van der Waals surface area contributed by atoms with Gasteiger partial charge in [-0.2, -0.15) is 0 Å². The summed E-state index contributed by atoms with van der Waals surface area (Å²) in [5, 5.41) is 0.797. The van der Waals surface area contributed by atoms with E-state index in [0.29, 0.717) is 37.4 Å². The van der Waals surface area contributed by atoms with Gasteiger partial charge in [0.25, 0.3) is 5.91 Å². The number of carbonyl (C=O) groups is 1. The van der Waals surface area contributed by atoms with Crippen LogP contribution in [-0.2, 0) is 4.74 Å². The van der Waals surface area contributed by atoms with Crippen molar-refractivity contribution in [1.29, 1.82) is 0 Å². The van der Waals surface area contributed by atoms with Crippen LogP contribution in [-0.4, -0.2) is 43.2 Å². The van der Waals surface area contributed by atoms with E-state index in [9.17, 15) is 9.59 Å². The SMILES string of the molecule is Cc1c(C(=O)N2CCC(OCCCN)CC2)c(=O)oc2ccccc12.Cl. The number of nitrogens with zero attached hydrogens (tertiary/aromatic N) is 1. The molecule has 1 aliphatic rings. The van der Waals surface area contributed by atoms with Gasteiger partial charge in [-0.1, -0.05) is 18.2 Å². The number of hydrogen-bond donors (Lipinski definition) is 1. The molecular formula is C19H25ClN2O4. The van der Waals surface area contributed by atoms with Crippen molar-refractivity contribution in [3.63, 3.8) is 0 Å². The number of halogens is 1. The van der Waals surface area contributed by atoms with E-state index in [1.54, 1.807) is 17.9 Å². The number of para-hydroxylation sites is 1. The lowest BCUT2D eigenvalue weighted by Gasteiger charge is -2.32. The molecule has 0 saturated carbocycles. The Morgan fingerprint density at radius 1 is 1.31 bits per heavy atom. The smallest absolute Gasteiger partial charge is 0.349 e. The molecule has 3 rings (SSSR count). The van der Waals surface area contributed by atoms with Gasteiger partial charge in [-0.15, -0.1) is 12.4 Å². The summed E-state index contributed by atoms with van der Waals surface area (Å²) in [5.41, 5.74) is 6.23. The predicted molar refractivity (Wildman–Crippen MR) is 103 cm³/mol. The molecule has 1 amide bonds. The molecule has 2 N–H and O–H groups in total. The van der Waals surface area contributed by atoms with E-state index in [1.807, 2.05) is 18.2 Å². The average Bonchev–Trinajstić information content (AvgIpc) is 2.62. The largest absolute Gasteiger partial charge is 0.422 e. The molecule has 1 aliphatic heterocycles. The maximum Gasteiger partial charge on any atom is 0.349 e. The quantitative estimate of drug-likeness (QED) is 0.636. The fraction of sp³-hybridized carbons (Fsp3) is 0.474. The summed E-state index contributed by atoms with van der Waals surface area (Å²) >= 11 is 0. The number of carbonyl (C=O) groups excluding carboxylic acids is 1. The average molecular weight is 381 g/mol. The molecule has 0 unspecified atom stereocenters. The molecule has 0 radical (unpaired) electrons. The van der Waals surface area contributed by atoms with Gasteiger partial charge in [-0.25, -0.2) is 4.79 Å². The lowest BCUT2D eigenvalue weighted by molar-refractivity contribution is 0.00833. The molecule has 2 aromatic rings. The van der Waals surface area contributed by atoms with Gasteiger partial charge in [-0.05, 0) is 44.4 Å². The van der Waals surface area contributed by atoms with E-state index < -0.39 is 5.63 Å². The highest BCUT2D eigenvalue weighted by Crippen LogP contribution is 2.22. The highest BCUT2D eigenvalue weighted by Gasteiger charge is 2.27. The molecule has 0 bridgehead atoms. The summed E-state index contributed by atoms with van der Waals surface area (Å²) in [6.45, 7) is 4.24. The highest BCUT2D eigenvalue weighted by molar-refractivity contribution is 5.99. The lowest BCUT2D eigenvalue weighted by atomic mass is 10.0. The number of amides is 1. The van der Waals surface area contributed by atoms with E-state index in [2.05, 4.69) is 0 Å². The number of rotatable bonds is 5. The minimum absolute atomic E-state index is 0. The maximum absolute atomic E-state index is 12.9. The summed E-state index contributed by atoms with van der Waals surface area (Å²) < 4.78 is 11.1. The Balaban J connectivity index is 0.00000243. The van der Waals surface area contributed by atoms with Crippen molar-refractivity contribution in [3.8, 4) is 0 Å². The normalized spacial score (nSPS) is 15.1. The van der Waals surface area contributed by atoms with Crippen LogP contribution in [0.3, 0.4) is 0 Å². The van der Waals surface area contributed by atoms with Crippen LogP contribution in [0.15, 0.2) is 33.5 Å². The summed E-state index contributed by atoms with van der Waals surface area (Å²) in [4.78, 5) is 26.9.